The molecule has 1 amide bonds. The van der Waals surface area contributed by atoms with Gasteiger partial charge in [-0.3, -0.25) is 9.69 Å². The molecule has 2 atom stereocenters. The number of halogens is 1. The van der Waals surface area contributed by atoms with Crippen molar-refractivity contribution in [1.29, 1.82) is 0 Å². The number of hydrogen-bond donors (Lipinski definition) is 0. The first kappa shape index (κ1) is 17.8. The third kappa shape index (κ3) is 3.36. The highest BCUT2D eigenvalue weighted by Gasteiger charge is 2.33. The average Bonchev–Trinajstić information content (AvgIpc) is 3.18. The number of carbonyl (C=O) groups is 1. The Kier molecular flexibility index (Phi) is 4.95. The zero-order valence-corrected chi connectivity index (χ0v) is 16.6. The molecule has 0 radical (unpaired) electrons. The summed E-state index contributed by atoms with van der Waals surface area (Å²) in [7, 11) is 0. The molecule has 26 heavy (non-hydrogen) atoms. The van der Waals surface area contributed by atoms with Gasteiger partial charge in [-0.15, -0.1) is 11.3 Å². The molecule has 2 aromatic rings. The summed E-state index contributed by atoms with van der Waals surface area (Å²) in [6.07, 6.45) is 0.119. The van der Waals surface area contributed by atoms with Gasteiger partial charge in [0.05, 0.1) is 9.90 Å². The van der Waals surface area contributed by atoms with E-state index in [1.807, 2.05) is 23.1 Å². The van der Waals surface area contributed by atoms with E-state index >= 15 is 0 Å². The van der Waals surface area contributed by atoms with Crippen LogP contribution < -0.4 is 4.74 Å². The van der Waals surface area contributed by atoms with Crippen molar-refractivity contribution >= 4 is 28.8 Å². The fraction of sp³-hybridized carbons (Fsp3) is 0.450. The van der Waals surface area contributed by atoms with Crippen LogP contribution in [0.15, 0.2) is 30.3 Å². The van der Waals surface area contributed by atoms with Crippen molar-refractivity contribution in [1.82, 2.24) is 9.80 Å². The summed E-state index contributed by atoms with van der Waals surface area (Å²) in [6.45, 7) is 8.36. The van der Waals surface area contributed by atoms with Crippen LogP contribution in [0.4, 0.5) is 0 Å². The van der Waals surface area contributed by atoms with Gasteiger partial charge in [0.2, 0.25) is 0 Å². The van der Waals surface area contributed by atoms with Crippen LogP contribution in [0.2, 0.25) is 4.34 Å². The summed E-state index contributed by atoms with van der Waals surface area (Å²) in [5.74, 6) is 1.20. The molecule has 0 aliphatic carbocycles. The second-order valence-electron chi connectivity index (χ2n) is 7.11. The molecule has 6 heteroatoms. The van der Waals surface area contributed by atoms with Crippen molar-refractivity contribution in [3.8, 4) is 5.75 Å². The molecule has 2 aliphatic rings. The molecular formula is C20H23ClN2O2S. The fourth-order valence-electron chi connectivity index (χ4n) is 3.69. The number of rotatable bonds is 3. The zero-order chi connectivity index (χ0) is 18.3. The highest BCUT2D eigenvalue weighted by molar-refractivity contribution is 7.16. The van der Waals surface area contributed by atoms with Crippen LogP contribution in [0.1, 0.15) is 40.6 Å². The van der Waals surface area contributed by atoms with Gasteiger partial charge in [0, 0.05) is 49.1 Å². The Morgan fingerprint density at radius 2 is 1.96 bits per heavy atom. The van der Waals surface area contributed by atoms with Gasteiger partial charge in [0.15, 0.2) is 0 Å². The maximum Gasteiger partial charge on any atom is 0.257 e. The van der Waals surface area contributed by atoms with Crippen LogP contribution in [0.5, 0.6) is 5.75 Å². The van der Waals surface area contributed by atoms with E-state index in [0.717, 1.165) is 48.4 Å². The van der Waals surface area contributed by atoms with Crippen LogP contribution in [-0.4, -0.2) is 48.0 Å². The molecule has 4 nitrogen and oxygen atoms in total. The minimum atomic E-state index is 0.0852. The SMILES string of the molecule is C[C@@H]1Oc2c(C(=O)N3CCN(Cc4ccc(Cl)s4)CC3)cccc2[C@H]1C. The van der Waals surface area contributed by atoms with Crippen molar-refractivity contribution < 1.29 is 9.53 Å². The lowest BCUT2D eigenvalue weighted by Gasteiger charge is -2.34. The largest absolute Gasteiger partial charge is 0.489 e. The van der Waals surface area contributed by atoms with E-state index in [4.69, 9.17) is 16.3 Å². The molecule has 138 valence electrons. The number of para-hydroxylation sites is 1. The maximum absolute atomic E-state index is 13.1. The molecule has 4 rings (SSSR count). The van der Waals surface area contributed by atoms with Gasteiger partial charge in [-0.2, -0.15) is 0 Å². The van der Waals surface area contributed by atoms with Crippen molar-refractivity contribution in [2.24, 2.45) is 0 Å². The van der Waals surface area contributed by atoms with Gasteiger partial charge < -0.3 is 9.64 Å². The number of fused-ring (bicyclic) bond motifs is 1. The number of benzene rings is 1. The molecule has 0 bridgehead atoms. The summed E-state index contributed by atoms with van der Waals surface area (Å²) in [6, 6.07) is 9.97. The Bertz CT molecular complexity index is 814. The average molecular weight is 391 g/mol. The van der Waals surface area contributed by atoms with E-state index in [0.29, 0.717) is 11.5 Å². The number of nitrogens with zero attached hydrogens (tertiary/aromatic N) is 2. The molecule has 3 heterocycles. The first-order chi connectivity index (χ1) is 12.5. The standard InChI is InChI=1S/C20H23ClN2O2S/c1-13-14(2)25-19-16(13)4-3-5-17(19)20(24)23-10-8-22(9-11-23)12-15-6-7-18(21)26-15/h3-7,13-14H,8-12H2,1-2H3/t13-,14-/m0/s1. The third-order valence-electron chi connectivity index (χ3n) is 5.44. The Morgan fingerprint density at radius 1 is 1.19 bits per heavy atom. The molecule has 0 unspecified atom stereocenters. The normalized spacial score (nSPS) is 23.0. The van der Waals surface area contributed by atoms with Crippen LogP contribution in [0.25, 0.3) is 0 Å². The van der Waals surface area contributed by atoms with Gasteiger partial charge in [-0.1, -0.05) is 30.7 Å². The predicted molar refractivity (Wildman–Crippen MR) is 105 cm³/mol. The number of amides is 1. The second kappa shape index (κ2) is 7.22. The van der Waals surface area contributed by atoms with Gasteiger partial charge in [0.25, 0.3) is 5.91 Å². The monoisotopic (exact) mass is 390 g/mol. The summed E-state index contributed by atoms with van der Waals surface area (Å²) in [5.41, 5.74) is 1.86. The quantitative estimate of drug-likeness (QED) is 0.785. The molecular weight excluding hydrogens is 368 g/mol. The number of thiophene rings is 1. The molecule has 1 aromatic carbocycles. The predicted octanol–water partition coefficient (Wildman–Crippen LogP) is 4.24. The summed E-state index contributed by atoms with van der Waals surface area (Å²) >= 11 is 7.64. The molecule has 0 spiro atoms. The smallest absolute Gasteiger partial charge is 0.257 e. The molecule has 0 saturated carbocycles. The molecule has 0 N–H and O–H groups in total. The van der Waals surface area contributed by atoms with Crippen molar-refractivity contribution in [3.05, 3.63) is 50.7 Å². The van der Waals surface area contributed by atoms with Crippen LogP contribution in [0.3, 0.4) is 0 Å². The van der Waals surface area contributed by atoms with E-state index in [2.05, 4.69) is 30.9 Å². The summed E-state index contributed by atoms with van der Waals surface area (Å²) < 4.78 is 6.82. The molecule has 2 aliphatic heterocycles. The third-order valence-corrected chi connectivity index (χ3v) is 6.66. The van der Waals surface area contributed by atoms with Crippen molar-refractivity contribution in [2.75, 3.05) is 26.2 Å². The van der Waals surface area contributed by atoms with E-state index < -0.39 is 0 Å². The second-order valence-corrected chi connectivity index (χ2v) is 8.91. The van der Waals surface area contributed by atoms with E-state index in [1.54, 1.807) is 11.3 Å². The maximum atomic E-state index is 13.1. The lowest BCUT2D eigenvalue weighted by molar-refractivity contribution is 0.0625. The highest BCUT2D eigenvalue weighted by atomic mass is 35.5. The van der Waals surface area contributed by atoms with E-state index in [9.17, 15) is 4.79 Å². The Labute approximate surface area is 163 Å². The van der Waals surface area contributed by atoms with Crippen LogP contribution in [0, 0.1) is 0 Å². The van der Waals surface area contributed by atoms with Crippen molar-refractivity contribution in [2.45, 2.75) is 32.4 Å². The Morgan fingerprint density at radius 3 is 2.65 bits per heavy atom. The lowest BCUT2D eigenvalue weighted by atomic mass is 9.96. The fourth-order valence-corrected chi connectivity index (χ4v) is 4.82. The number of hydrogen-bond acceptors (Lipinski definition) is 4. The Balaban J connectivity index is 1.42. The van der Waals surface area contributed by atoms with Gasteiger partial charge >= 0.3 is 0 Å². The lowest BCUT2D eigenvalue weighted by Crippen LogP contribution is -2.48. The van der Waals surface area contributed by atoms with Crippen LogP contribution in [-0.2, 0) is 6.54 Å². The summed E-state index contributed by atoms with van der Waals surface area (Å²) in [5, 5.41) is 0. The Hall–Kier alpha value is -1.56. The summed E-state index contributed by atoms with van der Waals surface area (Å²) in [4.78, 5) is 18.6. The zero-order valence-electron chi connectivity index (χ0n) is 15.1. The number of ether oxygens (including phenoxy) is 1. The molecule has 1 aromatic heterocycles. The molecule has 1 saturated heterocycles. The van der Waals surface area contributed by atoms with Crippen LogP contribution >= 0.6 is 22.9 Å². The topological polar surface area (TPSA) is 32.8 Å². The van der Waals surface area contributed by atoms with E-state index in [1.165, 1.54) is 4.88 Å². The number of piperazine rings is 1. The van der Waals surface area contributed by atoms with Gasteiger partial charge in [-0.25, -0.2) is 0 Å². The van der Waals surface area contributed by atoms with Gasteiger partial charge in [-0.05, 0) is 25.1 Å². The number of carbonyl (C=O) groups excluding carboxylic acids is 1. The first-order valence-electron chi connectivity index (χ1n) is 9.08. The highest BCUT2D eigenvalue weighted by Crippen LogP contribution is 2.40. The minimum absolute atomic E-state index is 0.0852. The molecule has 1 fully saturated rings. The minimum Gasteiger partial charge on any atom is -0.489 e. The first-order valence-corrected chi connectivity index (χ1v) is 10.3. The van der Waals surface area contributed by atoms with Gasteiger partial charge in [0.1, 0.15) is 11.9 Å². The van der Waals surface area contributed by atoms with E-state index in [-0.39, 0.29) is 12.0 Å². The van der Waals surface area contributed by atoms with Crippen molar-refractivity contribution in [3.63, 3.8) is 0 Å².